The Morgan fingerprint density at radius 1 is 1.09 bits per heavy atom. The topological polar surface area (TPSA) is 148 Å². The molecular weight excluding hydrogens is 442 g/mol. The van der Waals surface area contributed by atoms with Gasteiger partial charge in [-0.25, -0.2) is 13.2 Å². The molecule has 1 aliphatic heterocycles. The molecule has 32 heavy (non-hydrogen) atoms. The second-order valence-corrected chi connectivity index (χ2v) is 8.97. The fourth-order valence-electron chi connectivity index (χ4n) is 3.41. The van der Waals surface area contributed by atoms with Gasteiger partial charge >= 0.3 is 5.69 Å². The molecule has 3 aromatic rings. The van der Waals surface area contributed by atoms with Crippen molar-refractivity contribution in [1.29, 1.82) is 0 Å². The van der Waals surface area contributed by atoms with Crippen molar-refractivity contribution in [2.24, 2.45) is 14.1 Å². The van der Waals surface area contributed by atoms with E-state index in [4.69, 9.17) is 14.3 Å². The third kappa shape index (κ3) is 4.43. The molecule has 0 radical (unpaired) electrons. The highest BCUT2D eigenvalue weighted by Crippen LogP contribution is 2.23. The minimum absolute atomic E-state index is 0.174. The van der Waals surface area contributed by atoms with Gasteiger partial charge in [0.1, 0.15) is 5.52 Å². The SMILES string of the molecule is Cn1cc(S(=O)(=O)N2CCCN(c3nc4ccccc4o3)CC2)c(=O)n(C)c1=O.O=CO. The number of sulfonamides is 1. The molecule has 4 rings (SSSR count). The lowest BCUT2D eigenvalue weighted by Crippen LogP contribution is -2.43. The zero-order valence-electron chi connectivity index (χ0n) is 17.5. The van der Waals surface area contributed by atoms with Crippen molar-refractivity contribution in [2.75, 3.05) is 31.1 Å². The summed E-state index contributed by atoms with van der Waals surface area (Å²) < 4.78 is 35.2. The number of carbonyl (C=O) groups is 1. The number of oxazole rings is 1. The number of aryl methyl sites for hydroxylation is 1. The van der Waals surface area contributed by atoms with Crippen LogP contribution in [0.25, 0.3) is 11.1 Å². The van der Waals surface area contributed by atoms with Crippen LogP contribution in [0.5, 0.6) is 0 Å². The summed E-state index contributed by atoms with van der Waals surface area (Å²) in [5, 5.41) is 6.89. The normalized spacial score (nSPS) is 15.1. The fourth-order valence-corrected chi connectivity index (χ4v) is 5.03. The van der Waals surface area contributed by atoms with Crippen molar-refractivity contribution in [3.05, 3.63) is 51.3 Å². The van der Waals surface area contributed by atoms with E-state index in [9.17, 15) is 18.0 Å². The summed E-state index contributed by atoms with van der Waals surface area (Å²) in [7, 11) is -1.37. The maximum Gasteiger partial charge on any atom is 0.330 e. The maximum absolute atomic E-state index is 13.1. The molecule has 1 fully saturated rings. The highest BCUT2D eigenvalue weighted by Gasteiger charge is 2.31. The van der Waals surface area contributed by atoms with Crippen molar-refractivity contribution in [1.82, 2.24) is 18.4 Å². The van der Waals surface area contributed by atoms with Gasteiger partial charge in [-0.3, -0.25) is 14.2 Å². The lowest BCUT2D eigenvalue weighted by atomic mass is 10.3. The Hall–Kier alpha value is -3.45. The molecule has 1 aliphatic rings. The number of rotatable bonds is 3. The van der Waals surface area contributed by atoms with Crippen LogP contribution in [-0.4, -0.2) is 64.6 Å². The maximum atomic E-state index is 13.1. The van der Waals surface area contributed by atoms with Crippen LogP contribution in [0.15, 0.2) is 49.4 Å². The molecule has 0 unspecified atom stereocenters. The molecule has 1 saturated heterocycles. The van der Waals surface area contributed by atoms with E-state index in [0.717, 1.165) is 20.8 Å². The first-order valence-electron chi connectivity index (χ1n) is 9.66. The first kappa shape index (κ1) is 23.2. The Morgan fingerprint density at radius 3 is 2.47 bits per heavy atom. The van der Waals surface area contributed by atoms with Crippen LogP contribution >= 0.6 is 0 Å². The van der Waals surface area contributed by atoms with E-state index >= 15 is 0 Å². The average Bonchev–Trinajstić information content (AvgIpc) is 3.03. The van der Waals surface area contributed by atoms with E-state index in [-0.39, 0.29) is 19.6 Å². The molecule has 13 heteroatoms. The smallest absolute Gasteiger partial charge is 0.330 e. The van der Waals surface area contributed by atoms with Gasteiger partial charge in [-0.05, 0) is 18.6 Å². The summed E-state index contributed by atoms with van der Waals surface area (Å²) in [5.41, 5.74) is 0.00922. The zero-order valence-corrected chi connectivity index (χ0v) is 18.4. The number of para-hydroxylation sites is 2. The summed E-state index contributed by atoms with van der Waals surface area (Å²) >= 11 is 0. The highest BCUT2D eigenvalue weighted by molar-refractivity contribution is 7.89. The molecule has 2 aromatic heterocycles. The summed E-state index contributed by atoms with van der Waals surface area (Å²) in [6.07, 6.45) is 1.63. The van der Waals surface area contributed by atoms with Crippen LogP contribution in [0.3, 0.4) is 0 Å². The van der Waals surface area contributed by atoms with Gasteiger partial charge in [-0.1, -0.05) is 12.1 Å². The van der Waals surface area contributed by atoms with Gasteiger partial charge in [0.15, 0.2) is 10.5 Å². The molecule has 0 atom stereocenters. The van der Waals surface area contributed by atoms with Gasteiger partial charge in [-0.15, -0.1) is 0 Å². The van der Waals surface area contributed by atoms with Crippen LogP contribution < -0.4 is 16.1 Å². The molecule has 0 bridgehead atoms. The largest absolute Gasteiger partial charge is 0.483 e. The monoisotopic (exact) mass is 465 g/mol. The number of nitrogens with zero attached hydrogens (tertiary/aromatic N) is 5. The van der Waals surface area contributed by atoms with Crippen molar-refractivity contribution >= 4 is 33.6 Å². The number of aromatic nitrogens is 3. The zero-order chi connectivity index (χ0) is 23.5. The first-order chi connectivity index (χ1) is 15.2. The number of anilines is 1. The Bertz CT molecular complexity index is 1310. The molecule has 0 saturated carbocycles. The molecule has 12 nitrogen and oxygen atoms in total. The standard InChI is InChI=1S/C18H21N5O5S.CH2O2/c1-20-12-15(16(24)21(2)18(20)25)29(26,27)23-9-5-8-22(10-11-23)17-19-13-6-3-4-7-14(13)28-17;2-1-3/h3-4,6-7,12H,5,8-11H2,1-2H3;1H,(H,2,3). The van der Waals surface area contributed by atoms with Crippen LogP contribution in [0, 0.1) is 0 Å². The average molecular weight is 465 g/mol. The van der Waals surface area contributed by atoms with Gasteiger partial charge in [0.05, 0.1) is 0 Å². The molecule has 0 amide bonds. The van der Waals surface area contributed by atoms with Gasteiger partial charge < -0.3 is 19.0 Å². The van der Waals surface area contributed by atoms with E-state index < -0.39 is 26.2 Å². The predicted molar refractivity (Wildman–Crippen MR) is 115 cm³/mol. The molecule has 0 aliphatic carbocycles. The second-order valence-electron chi connectivity index (χ2n) is 7.07. The summed E-state index contributed by atoms with van der Waals surface area (Å²) in [5.74, 6) is 0. The molecule has 172 valence electrons. The Labute approximate surface area is 183 Å². The summed E-state index contributed by atoms with van der Waals surface area (Å²) in [6, 6.07) is 7.87. The number of benzene rings is 1. The minimum Gasteiger partial charge on any atom is -0.483 e. The molecule has 0 spiro atoms. The summed E-state index contributed by atoms with van der Waals surface area (Å²) in [6.45, 7) is 1.13. The second kappa shape index (κ2) is 9.36. The third-order valence-electron chi connectivity index (χ3n) is 5.04. The fraction of sp³-hybridized carbons (Fsp3) is 0.368. The van der Waals surface area contributed by atoms with E-state index in [0.29, 0.717) is 31.1 Å². The van der Waals surface area contributed by atoms with Crippen LogP contribution in [0.1, 0.15) is 6.42 Å². The third-order valence-corrected chi connectivity index (χ3v) is 6.92. The van der Waals surface area contributed by atoms with E-state index in [1.54, 1.807) is 0 Å². The minimum atomic E-state index is -4.05. The lowest BCUT2D eigenvalue weighted by molar-refractivity contribution is -0.122. The molecule has 3 heterocycles. The van der Waals surface area contributed by atoms with Gasteiger partial charge in [0, 0.05) is 46.5 Å². The Kier molecular flexibility index (Phi) is 6.79. The first-order valence-corrected chi connectivity index (χ1v) is 11.1. The summed E-state index contributed by atoms with van der Waals surface area (Å²) in [4.78, 5) is 38.6. The van der Waals surface area contributed by atoms with Crippen molar-refractivity contribution < 1.29 is 22.7 Å². The number of hydrogen-bond acceptors (Lipinski definition) is 8. The van der Waals surface area contributed by atoms with E-state index in [1.807, 2.05) is 29.2 Å². The lowest BCUT2D eigenvalue weighted by Gasteiger charge is -2.21. The van der Waals surface area contributed by atoms with Crippen LogP contribution in [0.4, 0.5) is 6.01 Å². The molecular formula is C19H23N5O7S. The van der Waals surface area contributed by atoms with Crippen molar-refractivity contribution in [3.63, 3.8) is 0 Å². The van der Waals surface area contributed by atoms with Crippen LogP contribution in [-0.2, 0) is 28.9 Å². The number of carboxylic acid groups (broad SMARTS) is 1. The Balaban J connectivity index is 0.000000913. The number of hydrogen-bond donors (Lipinski definition) is 1. The predicted octanol–water partition coefficient (Wildman–Crippen LogP) is -0.173. The van der Waals surface area contributed by atoms with E-state index in [1.165, 1.54) is 18.4 Å². The quantitative estimate of drug-likeness (QED) is 0.520. The molecule has 1 aromatic carbocycles. The molecule has 1 N–H and O–H groups in total. The van der Waals surface area contributed by atoms with Gasteiger partial charge in [0.25, 0.3) is 18.0 Å². The Morgan fingerprint density at radius 2 is 1.78 bits per heavy atom. The van der Waals surface area contributed by atoms with Crippen LogP contribution in [0.2, 0.25) is 0 Å². The van der Waals surface area contributed by atoms with Crippen molar-refractivity contribution in [2.45, 2.75) is 11.3 Å². The van der Waals surface area contributed by atoms with Crippen molar-refractivity contribution in [3.8, 4) is 0 Å². The van der Waals surface area contributed by atoms with Gasteiger partial charge in [0.2, 0.25) is 10.0 Å². The van der Waals surface area contributed by atoms with Gasteiger partial charge in [-0.2, -0.15) is 9.29 Å². The van der Waals surface area contributed by atoms with E-state index in [2.05, 4.69) is 4.98 Å². The highest BCUT2D eigenvalue weighted by atomic mass is 32.2. The number of fused-ring (bicyclic) bond motifs is 1.